The van der Waals surface area contributed by atoms with Gasteiger partial charge in [-0.25, -0.2) is 4.79 Å². The Morgan fingerprint density at radius 3 is 2.79 bits per heavy atom. The van der Waals surface area contributed by atoms with E-state index in [1.165, 1.54) is 6.07 Å². The number of benzene rings is 2. The summed E-state index contributed by atoms with van der Waals surface area (Å²) in [6.45, 7) is 1.38. The van der Waals surface area contributed by atoms with E-state index in [-0.39, 0.29) is 13.2 Å². The third kappa shape index (κ3) is 3.39. The summed E-state index contributed by atoms with van der Waals surface area (Å²) in [4.78, 5) is 36.3. The Kier molecular flexibility index (Phi) is 4.44. The maximum absolute atomic E-state index is 12.4. The Labute approximate surface area is 158 Å². The van der Waals surface area contributed by atoms with Crippen LogP contribution in [0.3, 0.4) is 0 Å². The van der Waals surface area contributed by atoms with Gasteiger partial charge in [-0.05, 0) is 30.7 Å². The smallest absolute Gasteiger partial charge is 0.336 e. The van der Waals surface area contributed by atoms with Gasteiger partial charge in [0.05, 0.1) is 5.39 Å². The lowest BCUT2D eigenvalue weighted by Crippen LogP contribution is -2.28. The van der Waals surface area contributed by atoms with E-state index in [0.29, 0.717) is 27.4 Å². The van der Waals surface area contributed by atoms with Crippen LogP contribution >= 0.6 is 0 Å². The highest BCUT2D eigenvalue weighted by Gasteiger charge is 2.12. The van der Waals surface area contributed by atoms with Crippen molar-refractivity contribution in [3.63, 3.8) is 0 Å². The van der Waals surface area contributed by atoms with Gasteiger partial charge in [-0.1, -0.05) is 29.5 Å². The Balaban J connectivity index is 1.54. The fourth-order valence-electron chi connectivity index (χ4n) is 2.91. The van der Waals surface area contributed by atoms with Crippen LogP contribution in [0.2, 0.25) is 0 Å². The number of aryl methyl sites for hydroxylation is 1. The van der Waals surface area contributed by atoms with Gasteiger partial charge >= 0.3 is 11.6 Å². The monoisotopic (exact) mass is 377 g/mol. The zero-order valence-electron chi connectivity index (χ0n) is 14.9. The van der Waals surface area contributed by atoms with Crippen molar-refractivity contribution in [2.75, 3.05) is 0 Å². The van der Waals surface area contributed by atoms with Gasteiger partial charge in [0, 0.05) is 17.0 Å². The first-order valence-electron chi connectivity index (χ1n) is 8.53. The molecule has 0 bridgehead atoms. The molecule has 0 aliphatic rings. The predicted octanol–water partition coefficient (Wildman–Crippen LogP) is 1.95. The van der Waals surface area contributed by atoms with Crippen molar-refractivity contribution in [3.8, 4) is 0 Å². The molecule has 140 valence electrons. The van der Waals surface area contributed by atoms with Crippen LogP contribution in [0.4, 0.5) is 0 Å². The average Bonchev–Trinajstić information content (AvgIpc) is 2.68. The molecule has 0 aliphatic heterocycles. The molecule has 0 saturated heterocycles. The lowest BCUT2D eigenvalue weighted by atomic mass is 10.1. The van der Waals surface area contributed by atoms with E-state index in [4.69, 9.17) is 9.15 Å². The Bertz CT molecular complexity index is 1320. The first-order valence-corrected chi connectivity index (χ1v) is 8.53. The van der Waals surface area contributed by atoms with Crippen LogP contribution in [-0.2, 0) is 22.7 Å². The van der Waals surface area contributed by atoms with Crippen molar-refractivity contribution in [1.29, 1.82) is 0 Å². The van der Waals surface area contributed by atoms with E-state index in [1.807, 2.05) is 13.0 Å². The molecule has 28 heavy (non-hydrogen) atoms. The summed E-state index contributed by atoms with van der Waals surface area (Å²) in [5.41, 5.74) is 1.39. The van der Waals surface area contributed by atoms with Crippen molar-refractivity contribution < 1.29 is 13.9 Å². The first kappa shape index (κ1) is 17.6. The molecule has 8 heteroatoms. The predicted molar refractivity (Wildman–Crippen MR) is 101 cm³/mol. The van der Waals surface area contributed by atoms with E-state index >= 15 is 0 Å². The summed E-state index contributed by atoms with van der Waals surface area (Å²) >= 11 is 0. The lowest BCUT2D eigenvalue weighted by Gasteiger charge is -2.08. The molecule has 8 nitrogen and oxygen atoms in total. The quantitative estimate of drug-likeness (QED) is 0.395. The van der Waals surface area contributed by atoms with E-state index in [2.05, 4.69) is 10.3 Å². The fourth-order valence-corrected chi connectivity index (χ4v) is 2.91. The minimum Gasteiger partial charge on any atom is -0.459 e. The molecule has 2 heterocycles. The van der Waals surface area contributed by atoms with E-state index in [0.717, 1.165) is 10.2 Å². The number of nitrogens with zero attached hydrogens (tertiary/aromatic N) is 3. The molecule has 4 aromatic rings. The van der Waals surface area contributed by atoms with E-state index in [9.17, 15) is 14.4 Å². The van der Waals surface area contributed by atoms with Gasteiger partial charge in [0.15, 0.2) is 0 Å². The normalized spacial score (nSPS) is 11.0. The Morgan fingerprint density at radius 1 is 1.11 bits per heavy atom. The number of carbonyl (C=O) groups excluding carboxylic acids is 1. The van der Waals surface area contributed by atoms with Crippen molar-refractivity contribution in [3.05, 3.63) is 80.4 Å². The maximum atomic E-state index is 12.4. The molecule has 0 unspecified atom stereocenters. The summed E-state index contributed by atoms with van der Waals surface area (Å²) in [5, 5.41) is 8.74. The SMILES string of the molecule is Cc1ccc2c(COC(=O)Cn3nnc4ccccc4c3=O)cc(=O)oc2c1. The molecular formula is C20H15N3O5. The van der Waals surface area contributed by atoms with Crippen molar-refractivity contribution >= 4 is 27.8 Å². The second kappa shape index (κ2) is 7.07. The highest BCUT2D eigenvalue weighted by atomic mass is 16.5. The van der Waals surface area contributed by atoms with Crippen LogP contribution in [-0.4, -0.2) is 21.0 Å². The van der Waals surface area contributed by atoms with Crippen LogP contribution in [0, 0.1) is 6.92 Å². The minimum atomic E-state index is -0.666. The number of fused-ring (bicyclic) bond motifs is 2. The largest absolute Gasteiger partial charge is 0.459 e. The zero-order valence-corrected chi connectivity index (χ0v) is 14.9. The molecule has 2 aromatic heterocycles. The summed E-state index contributed by atoms with van der Waals surface area (Å²) < 4.78 is 11.4. The number of hydrogen-bond donors (Lipinski definition) is 0. The second-order valence-electron chi connectivity index (χ2n) is 6.32. The number of carbonyl (C=O) groups is 1. The molecule has 0 spiro atoms. The van der Waals surface area contributed by atoms with Gasteiger partial charge in [-0.15, -0.1) is 5.10 Å². The number of hydrogen-bond acceptors (Lipinski definition) is 7. The van der Waals surface area contributed by atoms with Gasteiger partial charge in [-0.2, -0.15) is 4.68 Å². The molecule has 0 N–H and O–H groups in total. The fraction of sp³-hybridized carbons (Fsp3) is 0.150. The molecular weight excluding hydrogens is 362 g/mol. The molecule has 0 saturated carbocycles. The topological polar surface area (TPSA) is 104 Å². The zero-order chi connectivity index (χ0) is 19.7. The molecule has 2 aromatic carbocycles. The first-order chi connectivity index (χ1) is 13.5. The third-order valence-corrected chi connectivity index (χ3v) is 4.28. The molecule has 0 fully saturated rings. The van der Waals surface area contributed by atoms with Gasteiger partial charge in [0.1, 0.15) is 24.3 Å². The van der Waals surface area contributed by atoms with Gasteiger partial charge in [-0.3, -0.25) is 9.59 Å². The van der Waals surface area contributed by atoms with Crippen LogP contribution in [0.15, 0.2) is 62.5 Å². The summed E-state index contributed by atoms with van der Waals surface area (Å²) in [7, 11) is 0. The summed E-state index contributed by atoms with van der Waals surface area (Å²) in [6.07, 6.45) is 0. The Hall–Kier alpha value is -3.81. The van der Waals surface area contributed by atoms with E-state index < -0.39 is 17.2 Å². The minimum absolute atomic E-state index is 0.125. The van der Waals surface area contributed by atoms with Crippen molar-refractivity contribution in [1.82, 2.24) is 15.0 Å². The highest BCUT2D eigenvalue weighted by Crippen LogP contribution is 2.19. The van der Waals surface area contributed by atoms with Crippen molar-refractivity contribution in [2.45, 2.75) is 20.1 Å². The summed E-state index contributed by atoms with van der Waals surface area (Å²) in [5.74, 6) is -0.666. The molecule has 0 aliphatic carbocycles. The van der Waals surface area contributed by atoms with Gasteiger partial charge in [0.25, 0.3) is 5.56 Å². The van der Waals surface area contributed by atoms with Crippen molar-refractivity contribution in [2.24, 2.45) is 0 Å². The molecule has 4 rings (SSSR count). The Morgan fingerprint density at radius 2 is 1.93 bits per heavy atom. The standard InChI is InChI=1S/C20H15N3O5/c1-12-6-7-14-13(9-18(24)28-17(14)8-12)11-27-19(25)10-23-20(26)15-4-2-3-5-16(15)21-22-23/h2-9H,10-11H2,1H3. The molecule has 0 radical (unpaired) electrons. The summed E-state index contributed by atoms with van der Waals surface area (Å²) in [6, 6.07) is 13.4. The number of ether oxygens (including phenoxy) is 1. The van der Waals surface area contributed by atoms with Gasteiger partial charge < -0.3 is 9.15 Å². The second-order valence-corrected chi connectivity index (χ2v) is 6.32. The highest BCUT2D eigenvalue weighted by molar-refractivity contribution is 5.81. The number of esters is 1. The van der Waals surface area contributed by atoms with Gasteiger partial charge in [0.2, 0.25) is 0 Å². The van der Waals surface area contributed by atoms with E-state index in [1.54, 1.807) is 36.4 Å². The lowest BCUT2D eigenvalue weighted by molar-refractivity contribution is -0.146. The average molecular weight is 377 g/mol. The molecule has 0 amide bonds. The number of rotatable bonds is 4. The van der Waals surface area contributed by atoms with Crippen LogP contribution in [0.5, 0.6) is 0 Å². The maximum Gasteiger partial charge on any atom is 0.336 e. The van der Waals surface area contributed by atoms with Crippen LogP contribution < -0.4 is 11.2 Å². The third-order valence-electron chi connectivity index (χ3n) is 4.28. The molecule has 0 atom stereocenters. The van der Waals surface area contributed by atoms with Crippen LogP contribution in [0.25, 0.3) is 21.9 Å². The van der Waals surface area contributed by atoms with Crippen LogP contribution in [0.1, 0.15) is 11.1 Å². The number of aromatic nitrogens is 3.